The maximum absolute atomic E-state index is 12.1. The predicted molar refractivity (Wildman–Crippen MR) is 85.5 cm³/mol. The summed E-state index contributed by atoms with van der Waals surface area (Å²) in [6, 6.07) is 15.9. The molecule has 1 N–H and O–H groups in total. The van der Waals surface area contributed by atoms with Crippen LogP contribution in [0.4, 0.5) is 0 Å². The summed E-state index contributed by atoms with van der Waals surface area (Å²) in [5.74, 6) is -0.323. The van der Waals surface area contributed by atoms with Gasteiger partial charge in [0.15, 0.2) is 0 Å². The fraction of sp³-hybridized carbons (Fsp3) is 0.111. The Balaban J connectivity index is 1.72. The van der Waals surface area contributed by atoms with Gasteiger partial charge in [0.2, 0.25) is 0 Å². The van der Waals surface area contributed by atoms with Crippen LogP contribution in [-0.2, 0) is 11.3 Å². The number of ether oxygens (including phenoxy) is 2. The molecule has 5 heteroatoms. The highest BCUT2D eigenvalue weighted by Crippen LogP contribution is 2.24. The van der Waals surface area contributed by atoms with Gasteiger partial charge in [-0.3, -0.25) is 0 Å². The molecule has 2 aromatic carbocycles. The average Bonchev–Trinajstić information content (AvgIpc) is 2.59. The molecule has 0 aliphatic carbocycles. The van der Waals surface area contributed by atoms with E-state index >= 15 is 0 Å². The molecule has 0 atom stereocenters. The monoisotopic (exact) mass is 309 g/mol. The number of carbonyl (C=O) groups is 1. The van der Waals surface area contributed by atoms with Crippen LogP contribution in [0.2, 0.25) is 0 Å². The SMILES string of the molecule is COc1ccc(C(=O)OCc2ccc3ccccc3n2)c(O)c1. The van der Waals surface area contributed by atoms with Gasteiger partial charge in [-0.15, -0.1) is 0 Å². The van der Waals surface area contributed by atoms with E-state index in [9.17, 15) is 9.90 Å². The molecule has 0 aliphatic rings. The normalized spacial score (nSPS) is 10.5. The third-order valence-corrected chi connectivity index (χ3v) is 3.43. The average molecular weight is 309 g/mol. The summed E-state index contributed by atoms with van der Waals surface area (Å²) in [6.07, 6.45) is 0. The standard InChI is InChI=1S/C18H15NO4/c1-22-14-8-9-15(17(20)10-14)18(21)23-11-13-7-6-12-4-2-3-5-16(12)19-13/h2-10,20H,11H2,1H3. The Bertz CT molecular complexity index is 861. The summed E-state index contributed by atoms with van der Waals surface area (Å²) in [4.78, 5) is 16.5. The van der Waals surface area contributed by atoms with Crippen LogP contribution in [0.25, 0.3) is 10.9 Å². The van der Waals surface area contributed by atoms with Gasteiger partial charge in [-0.05, 0) is 24.3 Å². The fourth-order valence-corrected chi connectivity index (χ4v) is 2.22. The summed E-state index contributed by atoms with van der Waals surface area (Å²) in [5.41, 5.74) is 1.57. The zero-order valence-electron chi connectivity index (χ0n) is 12.5. The van der Waals surface area contributed by atoms with Crippen molar-refractivity contribution in [3.63, 3.8) is 0 Å². The number of nitrogens with zero attached hydrogens (tertiary/aromatic N) is 1. The number of pyridine rings is 1. The van der Waals surface area contributed by atoms with Crippen LogP contribution in [-0.4, -0.2) is 23.2 Å². The number of esters is 1. The van der Waals surface area contributed by atoms with Crippen molar-refractivity contribution in [1.29, 1.82) is 0 Å². The zero-order valence-corrected chi connectivity index (χ0v) is 12.5. The first-order valence-corrected chi connectivity index (χ1v) is 7.06. The maximum atomic E-state index is 12.1. The molecular weight excluding hydrogens is 294 g/mol. The first kappa shape index (κ1) is 14.8. The molecule has 116 valence electrons. The molecule has 0 spiro atoms. The number of hydrogen-bond donors (Lipinski definition) is 1. The molecule has 0 fully saturated rings. The lowest BCUT2D eigenvalue weighted by Crippen LogP contribution is -2.06. The summed E-state index contributed by atoms with van der Waals surface area (Å²) >= 11 is 0. The Morgan fingerprint density at radius 3 is 2.74 bits per heavy atom. The van der Waals surface area contributed by atoms with E-state index in [4.69, 9.17) is 9.47 Å². The number of methoxy groups -OCH3 is 1. The van der Waals surface area contributed by atoms with E-state index in [0.717, 1.165) is 10.9 Å². The van der Waals surface area contributed by atoms with Crippen LogP contribution in [0.5, 0.6) is 11.5 Å². The summed E-state index contributed by atoms with van der Waals surface area (Å²) in [6.45, 7) is 0.0368. The number of carbonyl (C=O) groups excluding carboxylic acids is 1. The highest BCUT2D eigenvalue weighted by Gasteiger charge is 2.14. The van der Waals surface area contributed by atoms with Gasteiger partial charge in [-0.25, -0.2) is 9.78 Å². The zero-order chi connectivity index (χ0) is 16.2. The Hall–Kier alpha value is -3.08. The second kappa shape index (κ2) is 6.36. The number of para-hydroxylation sites is 1. The van der Waals surface area contributed by atoms with Gasteiger partial charge in [0, 0.05) is 11.5 Å². The quantitative estimate of drug-likeness (QED) is 0.749. The van der Waals surface area contributed by atoms with Crippen molar-refractivity contribution >= 4 is 16.9 Å². The minimum Gasteiger partial charge on any atom is -0.507 e. The lowest BCUT2D eigenvalue weighted by Gasteiger charge is -2.08. The van der Waals surface area contributed by atoms with Gasteiger partial charge < -0.3 is 14.6 Å². The third kappa shape index (κ3) is 3.23. The van der Waals surface area contributed by atoms with Crippen LogP contribution < -0.4 is 4.74 Å². The molecule has 0 amide bonds. The van der Waals surface area contributed by atoms with Crippen LogP contribution in [0.1, 0.15) is 16.1 Å². The molecule has 0 radical (unpaired) electrons. The highest BCUT2D eigenvalue weighted by atomic mass is 16.5. The van der Waals surface area contributed by atoms with Crippen molar-refractivity contribution in [3.05, 3.63) is 65.9 Å². The van der Waals surface area contributed by atoms with Gasteiger partial charge >= 0.3 is 5.97 Å². The second-order valence-corrected chi connectivity index (χ2v) is 4.95. The largest absolute Gasteiger partial charge is 0.507 e. The van der Waals surface area contributed by atoms with E-state index in [-0.39, 0.29) is 17.9 Å². The molecule has 0 unspecified atom stereocenters. The molecule has 23 heavy (non-hydrogen) atoms. The maximum Gasteiger partial charge on any atom is 0.342 e. The number of phenolic OH excluding ortho intramolecular Hbond substituents is 1. The predicted octanol–water partition coefficient (Wildman–Crippen LogP) is 3.31. The Morgan fingerprint density at radius 2 is 1.96 bits per heavy atom. The number of phenols is 1. The van der Waals surface area contributed by atoms with E-state index in [2.05, 4.69) is 4.98 Å². The molecule has 1 aromatic heterocycles. The van der Waals surface area contributed by atoms with E-state index < -0.39 is 5.97 Å². The number of rotatable bonds is 4. The fourth-order valence-electron chi connectivity index (χ4n) is 2.22. The minimum absolute atomic E-state index is 0.0368. The summed E-state index contributed by atoms with van der Waals surface area (Å²) in [7, 11) is 1.48. The molecule has 5 nitrogen and oxygen atoms in total. The number of fused-ring (bicyclic) bond motifs is 1. The molecule has 1 heterocycles. The van der Waals surface area contributed by atoms with Crippen molar-refractivity contribution in [1.82, 2.24) is 4.98 Å². The molecule has 0 bridgehead atoms. The van der Waals surface area contributed by atoms with Crippen molar-refractivity contribution in [2.24, 2.45) is 0 Å². The van der Waals surface area contributed by atoms with E-state index in [1.165, 1.54) is 19.2 Å². The number of hydrogen-bond acceptors (Lipinski definition) is 5. The van der Waals surface area contributed by atoms with Crippen LogP contribution >= 0.6 is 0 Å². The van der Waals surface area contributed by atoms with Gasteiger partial charge in [-0.2, -0.15) is 0 Å². The third-order valence-electron chi connectivity index (χ3n) is 3.43. The Labute approximate surface area is 133 Å². The smallest absolute Gasteiger partial charge is 0.342 e. The van der Waals surface area contributed by atoms with Crippen LogP contribution in [0.3, 0.4) is 0 Å². The molecule has 0 aliphatic heterocycles. The van der Waals surface area contributed by atoms with Gasteiger partial charge in [-0.1, -0.05) is 24.3 Å². The molecule has 0 saturated heterocycles. The van der Waals surface area contributed by atoms with Crippen LogP contribution in [0.15, 0.2) is 54.6 Å². The molecule has 3 aromatic rings. The lowest BCUT2D eigenvalue weighted by atomic mass is 10.2. The number of benzene rings is 2. The van der Waals surface area contributed by atoms with Crippen LogP contribution in [0, 0.1) is 0 Å². The van der Waals surface area contributed by atoms with E-state index in [0.29, 0.717) is 11.4 Å². The first-order valence-electron chi connectivity index (χ1n) is 7.06. The first-order chi connectivity index (χ1) is 11.2. The van der Waals surface area contributed by atoms with E-state index in [1.807, 2.05) is 36.4 Å². The topological polar surface area (TPSA) is 68.7 Å². The molecule has 0 saturated carbocycles. The van der Waals surface area contributed by atoms with Crippen molar-refractivity contribution in [2.75, 3.05) is 7.11 Å². The van der Waals surface area contributed by atoms with Gasteiger partial charge in [0.1, 0.15) is 23.7 Å². The number of aromatic hydroxyl groups is 1. The Kier molecular flexibility index (Phi) is 4.10. The highest BCUT2D eigenvalue weighted by molar-refractivity contribution is 5.92. The lowest BCUT2D eigenvalue weighted by molar-refractivity contribution is 0.0464. The van der Waals surface area contributed by atoms with Crippen molar-refractivity contribution in [3.8, 4) is 11.5 Å². The minimum atomic E-state index is -0.611. The summed E-state index contributed by atoms with van der Waals surface area (Å²) in [5, 5.41) is 10.9. The summed E-state index contributed by atoms with van der Waals surface area (Å²) < 4.78 is 10.2. The second-order valence-electron chi connectivity index (χ2n) is 4.95. The van der Waals surface area contributed by atoms with Crippen molar-refractivity contribution in [2.45, 2.75) is 6.61 Å². The van der Waals surface area contributed by atoms with Gasteiger partial charge in [0.05, 0.1) is 18.3 Å². The van der Waals surface area contributed by atoms with Gasteiger partial charge in [0.25, 0.3) is 0 Å². The van der Waals surface area contributed by atoms with E-state index in [1.54, 1.807) is 6.07 Å². The van der Waals surface area contributed by atoms with Crippen molar-refractivity contribution < 1.29 is 19.4 Å². The Morgan fingerprint density at radius 1 is 1.13 bits per heavy atom. The molecular formula is C18H15NO4. The molecule has 3 rings (SSSR count). The number of aromatic nitrogens is 1.